The highest BCUT2D eigenvalue weighted by Crippen LogP contribution is 2.29. The maximum absolute atomic E-state index is 12.4. The summed E-state index contributed by atoms with van der Waals surface area (Å²) in [4.78, 5) is 13.6. The summed E-state index contributed by atoms with van der Waals surface area (Å²) >= 11 is 0. The molecule has 1 heterocycles. The first kappa shape index (κ1) is 16.0. The molecule has 1 aliphatic rings. The van der Waals surface area contributed by atoms with Crippen molar-refractivity contribution in [1.29, 1.82) is 0 Å². The second-order valence-electron chi connectivity index (χ2n) is 5.07. The van der Waals surface area contributed by atoms with Crippen LogP contribution in [0.3, 0.4) is 0 Å². The molecule has 0 aromatic heterocycles. The summed E-state index contributed by atoms with van der Waals surface area (Å²) in [6.07, 6.45) is 0.435. The van der Waals surface area contributed by atoms with Crippen LogP contribution in [0.25, 0.3) is 0 Å². The van der Waals surface area contributed by atoms with E-state index in [1.165, 1.54) is 0 Å². The average Bonchev–Trinajstić information content (AvgIpc) is 2.64. The van der Waals surface area contributed by atoms with E-state index in [1.807, 2.05) is 37.3 Å². The number of nitrogens with zero attached hydrogens (tertiary/aromatic N) is 1. The zero-order chi connectivity index (χ0) is 15.3. The third kappa shape index (κ3) is 4.04. The molecule has 1 fully saturated rings. The molecule has 21 heavy (non-hydrogen) atoms. The van der Waals surface area contributed by atoms with Crippen molar-refractivity contribution in [2.75, 3.05) is 32.1 Å². The highest BCUT2D eigenvalue weighted by atomic mass is 32.2. The van der Waals surface area contributed by atoms with Crippen molar-refractivity contribution in [2.24, 2.45) is 0 Å². The van der Waals surface area contributed by atoms with E-state index in [0.717, 1.165) is 5.56 Å². The highest BCUT2D eigenvalue weighted by Gasteiger charge is 2.32. The summed E-state index contributed by atoms with van der Waals surface area (Å²) in [5, 5.41) is -0.524. The first-order valence-electron chi connectivity index (χ1n) is 7.16. The van der Waals surface area contributed by atoms with Crippen molar-refractivity contribution < 1.29 is 17.9 Å². The van der Waals surface area contributed by atoms with E-state index >= 15 is 0 Å². The smallest absolute Gasteiger partial charge is 0.248 e. The predicted molar refractivity (Wildman–Crippen MR) is 80.7 cm³/mol. The van der Waals surface area contributed by atoms with Crippen LogP contribution in [-0.2, 0) is 19.4 Å². The van der Waals surface area contributed by atoms with Gasteiger partial charge in [0, 0.05) is 19.7 Å². The van der Waals surface area contributed by atoms with Gasteiger partial charge in [-0.1, -0.05) is 30.3 Å². The fraction of sp³-hybridized carbons (Fsp3) is 0.533. The molecule has 1 atom stereocenters. The topological polar surface area (TPSA) is 63.7 Å². The summed E-state index contributed by atoms with van der Waals surface area (Å²) in [6.45, 7) is 3.02. The summed E-state index contributed by atoms with van der Waals surface area (Å²) < 4.78 is 29.9. The molecule has 0 N–H and O–H groups in total. The largest absolute Gasteiger partial charge is 0.372 e. The first-order valence-corrected chi connectivity index (χ1v) is 8.88. The molecule has 1 unspecified atom stereocenters. The van der Waals surface area contributed by atoms with E-state index in [1.54, 1.807) is 4.90 Å². The van der Waals surface area contributed by atoms with Crippen molar-refractivity contribution in [1.82, 2.24) is 4.90 Å². The Balaban J connectivity index is 2.11. The zero-order valence-corrected chi connectivity index (χ0v) is 13.0. The van der Waals surface area contributed by atoms with E-state index in [9.17, 15) is 13.2 Å². The fourth-order valence-electron chi connectivity index (χ4n) is 2.52. The maximum atomic E-state index is 12.4. The molecule has 6 heteroatoms. The number of rotatable bonds is 4. The molecular formula is C15H21NO4S. The minimum atomic E-state index is -3.23. The molecule has 1 amide bonds. The molecule has 0 aliphatic carbocycles. The van der Waals surface area contributed by atoms with Gasteiger partial charge < -0.3 is 9.64 Å². The Morgan fingerprint density at radius 1 is 1.29 bits per heavy atom. The lowest BCUT2D eigenvalue weighted by Crippen LogP contribution is -2.36. The van der Waals surface area contributed by atoms with Crippen LogP contribution in [0.2, 0.25) is 0 Å². The lowest BCUT2D eigenvalue weighted by molar-refractivity contribution is -0.135. The maximum Gasteiger partial charge on any atom is 0.248 e. The van der Waals surface area contributed by atoms with E-state index in [4.69, 9.17) is 4.74 Å². The van der Waals surface area contributed by atoms with Crippen LogP contribution in [-0.4, -0.2) is 51.3 Å². The Hall–Kier alpha value is -1.40. The summed E-state index contributed by atoms with van der Waals surface area (Å²) in [5.41, 5.74) is 0.802. The Bertz CT molecular complexity index is 571. The molecule has 0 bridgehead atoms. The second-order valence-corrected chi connectivity index (χ2v) is 7.38. The van der Waals surface area contributed by atoms with Crippen molar-refractivity contribution in [3.05, 3.63) is 35.9 Å². The van der Waals surface area contributed by atoms with Crippen LogP contribution in [0, 0.1) is 0 Å². The predicted octanol–water partition coefficient (Wildman–Crippen LogP) is 1.41. The summed E-state index contributed by atoms with van der Waals surface area (Å²) in [7, 11) is -3.23. The van der Waals surface area contributed by atoms with Gasteiger partial charge in [0.25, 0.3) is 0 Å². The standard InChI is InChI=1S/C15H21NO4S/c1-2-20-12-15(17)16-9-8-14(21(18,19)11-10-16)13-6-4-3-5-7-13/h3-7,14H,2,8-12H2,1H3. The zero-order valence-electron chi connectivity index (χ0n) is 12.2. The third-order valence-corrected chi connectivity index (χ3v) is 5.82. The van der Waals surface area contributed by atoms with E-state index in [0.29, 0.717) is 19.6 Å². The van der Waals surface area contributed by atoms with Crippen LogP contribution < -0.4 is 0 Å². The third-order valence-electron chi connectivity index (χ3n) is 3.69. The number of amides is 1. The number of hydrogen-bond donors (Lipinski definition) is 0. The van der Waals surface area contributed by atoms with Gasteiger partial charge in [0.1, 0.15) is 6.61 Å². The van der Waals surface area contributed by atoms with Crippen LogP contribution in [0.1, 0.15) is 24.2 Å². The van der Waals surface area contributed by atoms with E-state index < -0.39 is 15.1 Å². The van der Waals surface area contributed by atoms with Crippen molar-refractivity contribution in [3.63, 3.8) is 0 Å². The van der Waals surface area contributed by atoms with E-state index in [2.05, 4.69) is 0 Å². The van der Waals surface area contributed by atoms with Crippen LogP contribution in [0.15, 0.2) is 30.3 Å². The van der Waals surface area contributed by atoms with Crippen molar-refractivity contribution >= 4 is 15.7 Å². The Morgan fingerprint density at radius 3 is 2.67 bits per heavy atom. The van der Waals surface area contributed by atoms with E-state index in [-0.39, 0.29) is 24.8 Å². The molecule has 0 radical (unpaired) electrons. The lowest BCUT2D eigenvalue weighted by Gasteiger charge is -2.19. The van der Waals surface area contributed by atoms with Gasteiger partial charge in [-0.25, -0.2) is 8.42 Å². The second kappa shape index (κ2) is 7.04. The summed E-state index contributed by atoms with van der Waals surface area (Å²) in [5.74, 6) is -0.134. The van der Waals surface area contributed by atoms with Gasteiger partial charge in [0.05, 0.1) is 11.0 Å². The molecule has 116 valence electrons. The van der Waals surface area contributed by atoms with Gasteiger partial charge in [0.15, 0.2) is 9.84 Å². The molecule has 1 saturated heterocycles. The fourth-order valence-corrected chi connectivity index (χ4v) is 4.31. The number of sulfone groups is 1. The average molecular weight is 311 g/mol. The molecular weight excluding hydrogens is 290 g/mol. The first-order chi connectivity index (χ1) is 10.0. The van der Waals surface area contributed by atoms with Gasteiger partial charge >= 0.3 is 0 Å². The van der Waals surface area contributed by atoms with Gasteiger partial charge in [-0.05, 0) is 18.9 Å². The molecule has 5 nitrogen and oxygen atoms in total. The Kier molecular flexibility index (Phi) is 5.36. The minimum absolute atomic E-state index is 0.00439. The molecule has 1 aliphatic heterocycles. The van der Waals surface area contributed by atoms with Gasteiger partial charge in [0.2, 0.25) is 5.91 Å². The normalized spacial score (nSPS) is 21.8. The van der Waals surface area contributed by atoms with Gasteiger partial charge in [-0.3, -0.25) is 4.79 Å². The number of benzene rings is 1. The van der Waals surface area contributed by atoms with Gasteiger partial charge in [-0.15, -0.1) is 0 Å². The molecule has 2 rings (SSSR count). The molecule has 0 saturated carbocycles. The van der Waals surface area contributed by atoms with Crippen LogP contribution in [0.5, 0.6) is 0 Å². The number of carbonyl (C=O) groups is 1. The molecule has 1 aromatic carbocycles. The highest BCUT2D eigenvalue weighted by molar-refractivity contribution is 7.91. The Morgan fingerprint density at radius 2 is 2.00 bits per heavy atom. The van der Waals surface area contributed by atoms with Crippen LogP contribution >= 0.6 is 0 Å². The number of hydrogen-bond acceptors (Lipinski definition) is 4. The Labute approximate surface area is 125 Å². The van der Waals surface area contributed by atoms with Crippen molar-refractivity contribution in [3.8, 4) is 0 Å². The van der Waals surface area contributed by atoms with Gasteiger partial charge in [-0.2, -0.15) is 0 Å². The molecule has 1 aromatic rings. The summed E-state index contributed by atoms with van der Waals surface area (Å²) in [6, 6.07) is 9.21. The number of carbonyl (C=O) groups excluding carboxylic acids is 1. The monoisotopic (exact) mass is 311 g/mol. The molecule has 0 spiro atoms. The SMILES string of the molecule is CCOCC(=O)N1CCC(c2ccccc2)S(=O)(=O)CC1. The quantitative estimate of drug-likeness (QED) is 0.843. The van der Waals surface area contributed by atoms with Crippen molar-refractivity contribution in [2.45, 2.75) is 18.6 Å². The lowest BCUT2D eigenvalue weighted by atomic mass is 10.1. The van der Waals surface area contributed by atoms with Crippen LogP contribution in [0.4, 0.5) is 0 Å². The number of ether oxygens (including phenoxy) is 1. The minimum Gasteiger partial charge on any atom is -0.372 e.